The molecule has 0 atom stereocenters. The number of carbonyl (C=O) groups is 1. The first kappa shape index (κ1) is 17.8. The first-order valence-electron chi connectivity index (χ1n) is 9.13. The second-order valence-corrected chi connectivity index (χ2v) is 7.76. The molecule has 142 valence electrons. The molecule has 0 aromatic carbocycles. The van der Waals surface area contributed by atoms with Crippen LogP contribution in [0.15, 0.2) is 26.6 Å². The van der Waals surface area contributed by atoms with Crippen molar-refractivity contribution in [1.29, 1.82) is 0 Å². The number of aromatic nitrogens is 4. The maximum absolute atomic E-state index is 12.6. The summed E-state index contributed by atoms with van der Waals surface area (Å²) in [6.07, 6.45) is 5.52. The van der Waals surface area contributed by atoms with E-state index in [2.05, 4.69) is 25.6 Å². The van der Waals surface area contributed by atoms with Gasteiger partial charge in [0.2, 0.25) is 23.5 Å². The van der Waals surface area contributed by atoms with Gasteiger partial charge < -0.3 is 14.4 Å². The molecular formula is C18H21N5O3S. The Labute approximate surface area is 160 Å². The molecule has 3 aromatic heterocycles. The summed E-state index contributed by atoms with van der Waals surface area (Å²) in [5.74, 6) is 2.03. The van der Waals surface area contributed by atoms with Gasteiger partial charge in [-0.3, -0.25) is 4.79 Å². The van der Waals surface area contributed by atoms with Crippen LogP contribution in [0, 0.1) is 6.92 Å². The number of aryl methyl sites for hydroxylation is 2. The van der Waals surface area contributed by atoms with Crippen molar-refractivity contribution >= 4 is 17.2 Å². The van der Waals surface area contributed by atoms with E-state index in [4.69, 9.17) is 9.05 Å². The lowest BCUT2D eigenvalue weighted by molar-refractivity contribution is -0.123. The Balaban J connectivity index is 1.40. The molecule has 1 aliphatic carbocycles. The number of nitrogens with zero attached hydrogens (tertiary/aromatic N) is 4. The fourth-order valence-electron chi connectivity index (χ4n) is 3.47. The van der Waals surface area contributed by atoms with Gasteiger partial charge in [-0.05, 0) is 24.3 Å². The van der Waals surface area contributed by atoms with Crippen LogP contribution in [0.2, 0.25) is 0 Å². The van der Waals surface area contributed by atoms with Crippen LogP contribution in [0.1, 0.15) is 56.1 Å². The summed E-state index contributed by atoms with van der Waals surface area (Å²) < 4.78 is 10.4. The predicted octanol–water partition coefficient (Wildman–Crippen LogP) is 3.40. The van der Waals surface area contributed by atoms with Crippen LogP contribution in [-0.2, 0) is 16.8 Å². The van der Waals surface area contributed by atoms with E-state index < -0.39 is 5.54 Å². The average molecular weight is 387 g/mol. The van der Waals surface area contributed by atoms with Crippen molar-refractivity contribution in [1.82, 2.24) is 25.6 Å². The Morgan fingerprint density at radius 3 is 2.78 bits per heavy atom. The number of thiophene rings is 1. The van der Waals surface area contributed by atoms with E-state index in [1.807, 2.05) is 17.5 Å². The Bertz CT molecular complexity index is 896. The summed E-state index contributed by atoms with van der Waals surface area (Å²) in [7, 11) is 0. The summed E-state index contributed by atoms with van der Waals surface area (Å²) in [6.45, 7) is 1.76. The predicted molar refractivity (Wildman–Crippen MR) is 97.9 cm³/mol. The molecule has 0 radical (unpaired) electrons. The summed E-state index contributed by atoms with van der Waals surface area (Å²) in [6, 6.07) is 3.87. The number of carbonyl (C=O) groups excluding carboxylic acids is 1. The smallest absolute Gasteiger partial charge is 0.227 e. The molecule has 4 rings (SSSR count). The van der Waals surface area contributed by atoms with Crippen LogP contribution >= 0.6 is 11.3 Å². The number of hydrogen-bond donors (Lipinski definition) is 1. The topological polar surface area (TPSA) is 107 Å². The van der Waals surface area contributed by atoms with Crippen molar-refractivity contribution < 1.29 is 13.8 Å². The molecule has 8 nitrogen and oxygen atoms in total. The molecule has 0 spiro atoms. The van der Waals surface area contributed by atoms with Crippen LogP contribution < -0.4 is 5.32 Å². The third-order valence-electron chi connectivity index (χ3n) is 4.82. The maximum atomic E-state index is 12.6. The van der Waals surface area contributed by atoms with Crippen molar-refractivity contribution in [3.8, 4) is 10.7 Å². The Morgan fingerprint density at radius 2 is 2.07 bits per heavy atom. The van der Waals surface area contributed by atoms with E-state index in [1.54, 1.807) is 18.3 Å². The van der Waals surface area contributed by atoms with Gasteiger partial charge in [-0.2, -0.15) is 9.97 Å². The van der Waals surface area contributed by atoms with E-state index in [-0.39, 0.29) is 12.3 Å². The first-order valence-corrected chi connectivity index (χ1v) is 10.0. The van der Waals surface area contributed by atoms with E-state index in [1.165, 1.54) is 0 Å². The molecule has 1 saturated carbocycles. The lowest BCUT2D eigenvalue weighted by atomic mass is 9.81. The molecule has 3 aromatic rings. The van der Waals surface area contributed by atoms with Crippen LogP contribution in [-0.4, -0.2) is 26.2 Å². The quantitative estimate of drug-likeness (QED) is 0.691. The largest absolute Gasteiger partial charge is 0.343 e. The molecule has 0 bridgehead atoms. The standard InChI is InChI=1S/C18H21N5O3S/c1-12-19-17(23-25-12)18(9-3-2-4-10-18)21-14(24)7-8-15-20-16(22-26-15)13-6-5-11-27-13/h5-6,11H,2-4,7-10H2,1H3,(H,21,24). The highest BCUT2D eigenvalue weighted by Crippen LogP contribution is 2.35. The van der Waals surface area contributed by atoms with Crippen LogP contribution in [0.4, 0.5) is 0 Å². The number of hydrogen-bond acceptors (Lipinski definition) is 8. The van der Waals surface area contributed by atoms with Gasteiger partial charge in [0.25, 0.3) is 0 Å². The molecule has 1 aliphatic rings. The van der Waals surface area contributed by atoms with Crippen molar-refractivity contribution in [3.63, 3.8) is 0 Å². The zero-order valence-electron chi connectivity index (χ0n) is 15.1. The van der Waals surface area contributed by atoms with E-state index in [0.717, 1.165) is 37.0 Å². The third-order valence-corrected chi connectivity index (χ3v) is 5.68. The average Bonchev–Trinajstić information content (AvgIpc) is 3.42. The van der Waals surface area contributed by atoms with Gasteiger partial charge in [-0.15, -0.1) is 11.3 Å². The number of nitrogens with one attached hydrogen (secondary N) is 1. The van der Waals surface area contributed by atoms with Gasteiger partial charge >= 0.3 is 0 Å². The highest BCUT2D eigenvalue weighted by molar-refractivity contribution is 7.13. The minimum absolute atomic E-state index is 0.0739. The summed E-state index contributed by atoms with van der Waals surface area (Å²) >= 11 is 1.55. The molecule has 0 saturated heterocycles. The molecule has 0 aliphatic heterocycles. The molecule has 9 heteroatoms. The van der Waals surface area contributed by atoms with Crippen molar-refractivity contribution in [2.75, 3.05) is 0 Å². The highest BCUT2D eigenvalue weighted by Gasteiger charge is 2.39. The normalized spacial score (nSPS) is 16.3. The molecule has 0 unspecified atom stereocenters. The van der Waals surface area contributed by atoms with Crippen LogP contribution in [0.25, 0.3) is 10.7 Å². The first-order chi connectivity index (χ1) is 13.1. The molecular weight excluding hydrogens is 366 g/mol. The van der Waals surface area contributed by atoms with Crippen molar-refractivity contribution in [2.24, 2.45) is 0 Å². The molecule has 27 heavy (non-hydrogen) atoms. The lowest BCUT2D eigenvalue weighted by Crippen LogP contribution is -2.48. The van der Waals surface area contributed by atoms with E-state index in [9.17, 15) is 4.79 Å². The van der Waals surface area contributed by atoms with Gasteiger partial charge in [-0.25, -0.2) is 0 Å². The molecule has 1 amide bonds. The van der Waals surface area contributed by atoms with E-state index >= 15 is 0 Å². The SMILES string of the molecule is Cc1nc(C2(NC(=O)CCc3nc(-c4cccs4)no3)CCCCC2)no1. The van der Waals surface area contributed by atoms with Crippen molar-refractivity contribution in [3.05, 3.63) is 35.1 Å². The second-order valence-electron chi connectivity index (χ2n) is 6.82. The number of amides is 1. The fraction of sp³-hybridized carbons (Fsp3) is 0.500. The second kappa shape index (κ2) is 7.59. The zero-order valence-corrected chi connectivity index (χ0v) is 15.9. The lowest BCUT2D eigenvalue weighted by Gasteiger charge is -2.35. The van der Waals surface area contributed by atoms with E-state index in [0.29, 0.717) is 29.9 Å². The highest BCUT2D eigenvalue weighted by atomic mass is 32.1. The molecule has 3 heterocycles. The van der Waals surface area contributed by atoms with Gasteiger partial charge in [0, 0.05) is 19.8 Å². The summed E-state index contributed by atoms with van der Waals surface area (Å²) in [5.41, 5.74) is -0.538. The Kier molecular flexibility index (Phi) is 5.02. The number of rotatable bonds is 6. The molecule has 1 fully saturated rings. The third kappa shape index (κ3) is 3.92. The van der Waals surface area contributed by atoms with Crippen LogP contribution in [0.3, 0.4) is 0 Å². The Morgan fingerprint density at radius 1 is 1.22 bits per heavy atom. The van der Waals surface area contributed by atoms with Crippen LogP contribution in [0.5, 0.6) is 0 Å². The zero-order chi connectivity index (χ0) is 18.7. The summed E-state index contributed by atoms with van der Waals surface area (Å²) in [4.78, 5) is 22.3. The minimum atomic E-state index is -0.538. The minimum Gasteiger partial charge on any atom is -0.343 e. The summed E-state index contributed by atoms with van der Waals surface area (Å²) in [5, 5.41) is 13.2. The monoisotopic (exact) mass is 387 g/mol. The Hall–Kier alpha value is -2.55. The van der Waals surface area contributed by atoms with Crippen molar-refractivity contribution in [2.45, 2.75) is 57.4 Å². The van der Waals surface area contributed by atoms with Gasteiger partial charge in [-0.1, -0.05) is 35.6 Å². The van der Waals surface area contributed by atoms with Gasteiger partial charge in [0.15, 0.2) is 5.82 Å². The maximum Gasteiger partial charge on any atom is 0.227 e. The van der Waals surface area contributed by atoms with Gasteiger partial charge in [0.1, 0.15) is 5.54 Å². The molecule has 1 N–H and O–H groups in total. The van der Waals surface area contributed by atoms with Gasteiger partial charge in [0.05, 0.1) is 4.88 Å². The fourth-order valence-corrected chi connectivity index (χ4v) is 4.11.